The molecule has 0 saturated carbocycles. The van der Waals surface area contributed by atoms with Gasteiger partial charge in [0, 0.05) is 36.7 Å². The van der Waals surface area contributed by atoms with Crippen molar-refractivity contribution in [1.29, 1.82) is 0 Å². The van der Waals surface area contributed by atoms with Crippen molar-refractivity contribution < 1.29 is 13.9 Å². The van der Waals surface area contributed by atoms with E-state index < -0.39 is 5.82 Å². The van der Waals surface area contributed by atoms with Crippen molar-refractivity contribution in [3.63, 3.8) is 0 Å². The van der Waals surface area contributed by atoms with Crippen LogP contribution in [0.3, 0.4) is 0 Å². The predicted octanol–water partition coefficient (Wildman–Crippen LogP) is 4.61. The Morgan fingerprint density at radius 1 is 1.26 bits per heavy atom. The maximum absolute atomic E-state index is 13.7. The summed E-state index contributed by atoms with van der Waals surface area (Å²) >= 11 is 8.36. The molecule has 0 spiro atoms. The van der Waals surface area contributed by atoms with Gasteiger partial charge in [-0.2, -0.15) is 11.8 Å². The van der Waals surface area contributed by atoms with Crippen LogP contribution < -0.4 is 15.0 Å². The van der Waals surface area contributed by atoms with Gasteiger partial charge < -0.3 is 15.0 Å². The van der Waals surface area contributed by atoms with Gasteiger partial charge >= 0.3 is 0 Å². The smallest absolute Gasteiger partial charge is 0.224 e. The molecule has 1 N–H and O–H groups in total. The fourth-order valence-electron chi connectivity index (χ4n) is 2.99. The molecular weight excluding hydrogens is 387 g/mol. The number of amides is 1. The Morgan fingerprint density at radius 3 is 2.70 bits per heavy atom. The fraction of sp³-hybridized carbons (Fsp3) is 0.350. The summed E-state index contributed by atoms with van der Waals surface area (Å²) in [7, 11) is 1.42. The van der Waals surface area contributed by atoms with Gasteiger partial charge in [0.2, 0.25) is 5.91 Å². The van der Waals surface area contributed by atoms with Crippen molar-refractivity contribution in [2.45, 2.75) is 12.8 Å². The molecule has 2 aromatic carbocycles. The number of anilines is 2. The first-order valence-corrected chi connectivity index (χ1v) is 10.3. The standard InChI is InChI=1S/C20H22ClFN2O2S/c1-26-19-6-2-14(12-17(19)22)3-7-20(25)23-15-4-5-18(16(21)13-15)24-8-10-27-11-9-24/h2,4-6,12-13H,3,7-11H2,1H3,(H,23,25). The van der Waals surface area contributed by atoms with Crippen molar-refractivity contribution in [3.8, 4) is 5.75 Å². The van der Waals surface area contributed by atoms with Gasteiger partial charge in [-0.05, 0) is 42.3 Å². The van der Waals surface area contributed by atoms with Gasteiger partial charge in [-0.3, -0.25) is 4.79 Å². The third kappa shape index (κ3) is 5.30. The molecule has 2 aromatic rings. The number of nitrogens with one attached hydrogen (secondary N) is 1. The van der Waals surface area contributed by atoms with Crippen molar-refractivity contribution in [1.82, 2.24) is 0 Å². The third-order valence-electron chi connectivity index (χ3n) is 4.44. The number of nitrogens with zero attached hydrogens (tertiary/aromatic N) is 1. The van der Waals surface area contributed by atoms with E-state index in [-0.39, 0.29) is 18.1 Å². The molecule has 27 heavy (non-hydrogen) atoms. The minimum Gasteiger partial charge on any atom is -0.494 e. The summed E-state index contributed by atoms with van der Waals surface area (Å²) in [4.78, 5) is 14.5. The first kappa shape index (κ1) is 19.8. The molecule has 1 saturated heterocycles. The van der Waals surface area contributed by atoms with E-state index in [2.05, 4.69) is 10.2 Å². The normalized spacial score (nSPS) is 14.1. The average Bonchev–Trinajstić information content (AvgIpc) is 2.67. The van der Waals surface area contributed by atoms with E-state index in [0.29, 0.717) is 17.1 Å². The SMILES string of the molecule is COc1ccc(CCC(=O)Nc2ccc(N3CCSCC3)c(Cl)c2)cc1F. The lowest BCUT2D eigenvalue weighted by atomic mass is 10.1. The minimum atomic E-state index is -0.422. The zero-order chi connectivity index (χ0) is 19.2. The van der Waals surface area contributed by atoms with Crippen molar-refractivity contribution in [3.05, 3.63) is 52.8 Å². The number of ether oxygens (including phenoxy) is 1. The topological polar surface area (TPSA) is 41.6 Å². The Morgan fingerprint density at radius 2 is 2.04 bits per heavy atom. The number of methoxy groups -OCH3 is 1. The molecule has 0 radical (unpaired) electrons. The number of hydrogen-bond donors (Lipinski definition) is 1. The minimum absolute atomic E-state index is 0.135. The van der Waals surface area contributed by atoms with Crippen LogP contribution in [0.2, 0.25) is 5.02 Å². The van der Waals surface area contributed by atoms with E-state index in [1.165, 1.54) is 13.2 Å². The van der Waals surface area contributed by atoms with Crippen LogP contribution in [0.1, 0.15) is 12.0 Å². The van der Waals surface area contributed by atoms with Crippen LogP contribution >= 0.6 is 23.4 Å². The summed E-state index contributed by atoms with van der Waals surface area (Å²) in [5.74, 6) is 1.84. The highest BCUT2D eigenvalue weighted by molar-refractivity contribution is 7.99. The molecule has 0 aliphatic carbocycles. The van der Waals surface area contributed by atoms with Crippen molar-refractivity contribution in [2.75, 3.05) is 41.9 Å². The van der Waals surface area contributed by atoms with Crippen LogP contribution in [-0.4, -0.2) is 37.6 Å². The second kappa shape index (κ2) is 9.33. The molecule has 4 nitrogen and oxygen atoms in total. The molecule has 1 aliphatic rings. The number of thioether (sulfide) groups is 1. The van der Waals surface area contributed by atoms with Crippen LogP contribution in [-0.2, 0) is 11.2 Å². The molecule has 0 aromatic heterocycles. The molecule has 0 unspecified atom stereocenters. The molecule has 1 amide bonds. The molecule has 3 rings (SSSR count). The third-order valence-corrected chi connectivity index (χ3v) is 5.69. The van der Waals surface area contributed by atoms with Crippen molar-refractivity contribution in [2.24, 2.45) is 0 Å². The van der Waals surface area contributed by atoms with Gasteiger partial charge in [0.15, 0.2) is 11.6 Å². The zero-order valence-electron chi connectivity index (χ0n) is 15.1. The quantitative estimate of drug-likeness (QED) is 0.757. The summed E-state index contributed by atoms with van der Waals surface area (Å²) < 4.78 is 18.6. The zero-order valence-corrected chi connectivity index (χ0v) is 16.7. The molecule has 1 aliphatic heterocycles. The number of halogens is 2. The lowest BCUT2D eigenvalue weighted by Gasteiger charge is -2.29. The van der Waals surface area contributed by atoms with Crippen molar-refractivity contribution >= 4 is 40.6 Å². The Bertz CT molecular complexity index is 813. The number of carbonyl (C=O) groups excluding carboxylic acids is 1. The van der Waals surface area contributed by atoms with Gasteiger partial charge in [-0.25, -0.2) is 4.39 Å². The first-order chi connectivity index (χ1) is 13.1. The van der Waals surface area contributed by atoms with E-state index in [0.717, 1.165) is 35.8 Å². The van der Waals surface area contributed by atoms with E-state index >= 15 is 0 Å². The number of hydrogen-bond acceptors (Lipinski definition) is 4. The highest BCUT2D eigenvalue weighted by Gasteiger charge is 2.15. The summed E-state index contributed by atoms with van der Waals surface area (Å²) in [6.45, 7) is 1.96. The summed E-state index contributed by atoms with van der Waals surface area (Å²) in [5, 5.41) is 3.49. The van der Waals surface area contributed by atoms with Crippen LogP contribution in [0, 0.1) is 5.82 Å². The Labute approximate surface area is 168 Å². The monoisotopic (exact) mass is 408 g/mol. The fourth-order valence-corrected chi connectivity index (χ4v) is 4.20. The molecule has 144 valence electrons. The second-order valence-electron chi connectivity index (χ2n) is 6.28. The number of carbonyl (C=O) groups is 1. The summed E-state index contributed by atoms with van der Waals surface area (Å²) in [6.07, 6.45) is 0.707. The maximum Gasteiger partial charge on any atom is 0.224 e. The molecule has 1 fully saturated rings. The Hall–Kier alpha value is -1.92. The number of aryl methyl sites for hydroxylation is 1. The van der Waals surface area contributed by atoms with Gasteiger partial charge in [-0.15, -0.1) is 0 Å². The highest BCUT2D eigenvalue weighted by atomic mass is 35.5. The van der Waals surface area contributed by atoms with Crippen LogP contribution in [0.5, 0.6) is 5.75 Å². The van der Waals surface area contributed by atoms with E-state index in [9.17, 15) is 9.18 Å². The molecular formula is C20H22ClFN2O2S. The molecule has 7 heteroatoms. The number of rotatable bonds is 6. The largest absolute Gasteiger partial charge is 0.494 e. The van der Waals surface area contributed by atoms with Gasteiger partial charge in [-0.1, -0.05) is 17.7 Å². The van der Waals surface area contributed by atoms with E-state index in [1.807, 2.05) is 23.9 Å². The highest BCUT2D eigenvalue weighted by Crippen LogP contribution is 2.30. The van der Waals surface area contributed by atoms with E-state index in [1.54, 1.807) is 18.2 Å². The molecule has 0 bridgehead atoms. The van der Waals surface area contributed by atoms with Gasteiger partial charge in [0.1, 0.15) is 0 Å². The Balaban J connectivity index is 1.56. The predicted molar refractivity (Wildman–Crippen MR) is 111 cm³/mol. The summed E-state index contributed by atoms with van der Waals surface area (Å²) in [6, 6.07) is 10.3. The van der Waals surface area contributed by atoms with E-state index in [4.69, 9.17) is 16.3 Å². The summed E-state index contributed by atoms with van der Waals surface area (Å²) in [5.41, 5.74) is 2.42. The number of benzene rings is 2. The van der Waals surface area contributed by atoms with Gasteiger partial charge in [0.25, 0.3) is 0 Å². The first-order valence-electron chi connectivity index (χ1n) is 8.81. The van der Waals surface area contributed by atoms with Crippen LogP contribution in [0.4, 0.5) is 15.8 Å². The van der Waals surface area contributed by atoms with Crippen LogP contribution in [0.15, 0.2) is 36.4 Å². The van der Waals surface area contributed by atoms with Crippen LogP contribution in [0.25, 0.3) is 0 Å². The Kier molecular flexibility index (Phi) is 6.85. The average molecular weight is 409 g/mol. The second-order valence-corrected chi connectivity index (χ2v) is 7.91. The molecule has 0 atom stereocenters. The lowest BCUT2D eigenvalue weighted by molar-refractivity contribution is -0.116. The molecule has 1 heterocycles. The maximum atomic E-state index is 13.7. The lowest BCUT2D eigenvalue weighted by Crippen LogP contribution is -2.32. The van der Waals surface area contributed by atoms with Gasteiger partial charge in [0.05, 0.1) is 17.8 Å².